The molecule has 6 nitrogen and oxygen atoms in total. The van der Waals surface area contributed by atoms with Crippen LogP contribution in [0.1, 0.15) is 335 Å². The molecule has 6 heteroatoms. The van der Waals surface area contributed by atoms with E-state index in [2.05, 4.69) is 57.2 Å². The predicted molar refractivity (Wildman–Crippen MR) is 302 cm³/mol. The quantitative estimate of drug-likeness (QED) is 0.0261. The van der Waals surface area contributed by atoms with Gasteiger partial charge in [-0.15, -0.1) is 0 Å². The van der Waals surface area contributed by atoms with E-state index < -0.39 is 6.10 Å². The highest BCUT2D eigenvalue weighted by Gasteiger charge is 2.19. The van der Waals surface area contributed by atoms with Gasteiger partial charge in [0.2, 0.25) is 0 Å². The second-order valence-electron chi connectivity index (χ2n) is 21.0. The summed E-state index contributed by atoms with van der Waals surface area (Å²) in [4.78, 5) is 38.3. The van der Waals surface area contributed by atoms with Gasteiger partial charge in [-0.2, -0.15) is 0 Å². The third kappa shape index (κ3) is 56.5. The molecule has 1 unspecified atom stereocenters. The number of rotatable bonds is 57. The Bertz CT molecular complexity index is 1170. The van der Waals surface area contributed by atoms with Gasteiger partial charge >= 0.3 is 17.9 Å². The first-order chi connectivity index (χ1) is 34.5. The third-order valence-electron chi connectivity index (χ3n) is 13.8. The van der Waals surface area contributed by atoms with Crippen LogP contribution in [0.2, 0.25) is 0 Å². The van der Waals surface area contributed by atoms with Crippen molar-refractivity contribution >= 4 is 17.9 Å². The molecule has 0 radical (unpaired) electrons. The summed E-state index contributed by atoms with van der Waals surface area (Å²) in [6.07, 6.45) is 71.4. The van der Waals surface area contributed by atoms with Gasteiger partial charge < -0.3 is 14.2 Å². The summed E-state index contributed by atoms with van der Waals surface area (Å²) in [5.74, 6) is -0.873. The number of carbonyl (C=O) groups excluding carboxylic acids is 3. The smallest absolute Gasteiger partial charge is 0.306 e. The maximum atomic E-state index is 12.9. The van der Waals surface area contributed by atoms with E-state index in [0.717, 1.165) is 64.2 Å². The van der Waals surface area contributed by atoms with Crippen LogP contribution < -0.4 is 0 Å². The van der Waals surface area contributed by atoms with Crippen LogP contribution in [-0.4, -0.2) is 37.2 Å². The van der Waals surface area contributed by atoms with Crippen molar-refractivity contribution in [2.75, 3.05) is 13.2 Å². The van der Waals surface area contributed by atoms with Gasteiger partial charge in [-0.3, -0.25) is 14.4 Å². The minimum Gasteiger partial charge on any atom is -0.462 e. The Morgan fingerprint density at radius 2 is 0.471 bits per heavy atom. The van der Waals surface area contributed by atoms with Gasteiger partial charge in [0.25, 0.3) is 0 Å². The zero-order valence-corrected chi connectivity index (χ0v) is 47.1. The van der Waals surface area contributed by atoms with Crippen molar-refractivity contribution in [2.45, 2.75) is 341 Å². The lowest BCUT2D eigenvalue weighted by atomic mass is 10.1. The molecule has 0 amide bonds. The standard InChI is InChI=1S/C64H118O6/c1-4-7-10-13-16-19-22-25-28-31-32-34-36-39-42-45-48-51-54-57-63(66)69-60-61(59-68-62(65)56-53-50-47-44-41-38-35-30-27-24-21-18-15-12-9-6-3)70-64(67)58-55-52-49-46-43-40-37-33-29-26-23-20-17-14-11-8-5-2/h26,29-32,35,61H,4-25,27-28,33-34,36-60H2,1-3H3/b29-26-,32-31-,35-30-. The average molecular weight is 984 g/mol. The van der Waals surface area contributed by atoms with E-state index in [1.807, 2.05) is 0 Å². The Kier molecular flexibility index (Phi) is 57.2. The van der Waals surface area contributed by atoms with E-state index in [9.17, 15) is 14.4 Å². The molecule has 0 aliphatic rings. The number of carbonyl (C=O) groups is 3. The van der Waals surface area contributed by atoms with Crippen molar-refractivity contribution in [3.63, 3.8) is 0 Å². The molecular formula is C64H118O6. The molecule has 0 N–H and O–H groups in total. The average Bonchev–Trinajstić information content (AvgIpc) is 3.36. The largest absolute Gasteiger partial charge is 0.462 e. The van der Waals surface area contributed by atoms with Crippen molar-refractivity contribution in [3.05, 3.63) is 36.5 Å². The first kappa shape index (κ1) is 67.6. The van der Waals surface area contributed by atoms with Gasteiger partial charge in [0.15, 0.2) is 6.10 Å². The Morgan fingerprint density at radius 3 is 0.714 bits per heavy atom. The summed E-state index contributed by atoms with van der Waals surface area (Å²) in [6, 6.07) is 0. The minimum atomic E-state index is -0.779. The first-order valence-corrected chi connectivity index (χ1v) is 31.0. The SMILES string of the molecule is CCCCCCCC/C=C\CCCCCCCCCC(=O)OC(COC(=O)CCCCCCC/C=C\CCCCCCCCC)COC(=O)CCCCCCCCC/C=C\CCCCCCCCCC. The molecule has 0 aliphatic heterocycles. The summed E-state index contributed by atoms with van der Waals surface area (Å²) in [5.41, 5.74) is 0. The van der Waals surface area contributed by atoms with Gasteiger partial charge in [-0.05, 0) is 96.3 Å². The fourth-order valence-electron chi connectivity index (χ4n) is 9.13. The van der Waals surface area contributed by atoms with E-state index in [1.54, 1.807) is 0 Å². The molecule has 0 saturated heterocycles. The van der Waals surface area contributed by atoms with Gasteiger partial charge in [-0.25, -0.2) is 0 Å². The van der Waals surface area contributed by atoms with Crippen molar-refractivity contribution in [2.24, 2.45) is 0 Å². The van der Waals surface area contributed by atoms with Gasteiger partial charge in [-0.1, -0.05) is 256 Å². The number of ether oxygens (including phenoxy) is 3. The second-order valence-corrected chi connectivity index (χ2v) is 21.0. The summed E-state index contributed by atoms with van der Waals surface area (Å²) in [7, 11) is 0. The number of allylic oxidation sites excluding steroid dienone is 6. The van der Waals surface area contributed by atoms with Gasteiger partial charge in [0, 0.05) is 19.3 Å². The Hall–Kier alpha value is -2.37. The lowest BCUT2D eigenvalue weighted by molar-refractivity contribution is -0.167. The number of unbranched alkanes of at least 4 members (excludes halogenated alkanes) is 40. The van der Waals surface area contributed by atoms with Crippen LogP contribution >= 0.6 is 0 Å². The van der Waals surface area contributed by atoms with Crippen molar-refractivity contribution < 1.29 is 28.6 Å². The van der Waals surface area contributed by atoms with Crippen molar-refractivity contribution in [1.82, 2.24) is 0 Å². The molecule has 0 aromatic heterocycles. The molecule has 1 atom stereocenters. The lowest BCUT2D eigenvalue weighted by Gasteiger charge is -2.18. The highest BCUT2D eigenvalue weighted by Crippen LogP contribution is 2.16. The molecule has 0 aliphatic carbocycles. The number of hydrogen-bond acceptors (Lipinski definition) is 6. The molecule has 0 fully saturated rings. The maximum absolute atomic E-state index is 12.9. The molecule has 0 saturated carbocycles. The van der Waals surface area contributed by atoms with Crippen LogP contribution in [0, 0.1) is 0 Å². The van der Waals surface area contributed by atoms with Crippen LogP contribution in [0.25, 0.3) is 0 Å². The fourth-order valence-corrected chi connectivity index (χ4v) is 9.13. The topological polar surface area (TPSA) is 78.9 Å². The Morgan fingerprint density at radius 1 is 0.271 bits per heavy atom. The first-order valence-electron chi connectivity index (χ1n) is 31.0. The molecule has 70 heavy (non-hydrogen) atoms. The van der Waals surface area contributed by atoms with Crippen LogP contribution in [0.15, 0.2) is 36.5 Å². The highest BCUT2D eigenvalue weighted by molar-refractivity contribution is 5.71. The molecule has 0 heterocycles. The van der Waals surface area contributed by atoms with Crippen molar-refractivity contribution in [3.8, 4) is 0 Å². The van der Waals surface area contributed by atoms with E-state index in [0.29, 0.717) is 19.3 Å². The minimum absolute atomic E-state index is 0.0762. The zero-order chi connectivity index (χ0) is 50.7. The molecule has 0 aromatic rings. The number of hydrogen-bond donors (Lipinski definition) is 0. The molecule has 410 valence electrons. The third-order valence-corrected chi connectivity index (χ3v) is 13.8. The fraction of sp³-hybridized carbons (Fsp3) is 0.859. The monoisotopic (exact) mass is 983 g/mol. The Labute approximate surface area is 435 Å². The normalized spacial score (nSPS) is 12.2. The van der Waals surface area contributed by atoms with Crippen LogP contribution in [0.3, 0.4) is 0 Å². The molecule has 0 bridgehead atoms. The van der Waals surface area contributed by atoms with Crippen LogP contribution in [0.4, 0.5) is 0 Å². The summed E-state index contributed by atoms with van der Waals surface area (Å²) < 4.78 is 16.9. The van der Waals surface area contributed by atoms with E-state index in [-0.39, 0.29) is 31.1 Å². The van der Waals surface area contributed by atoms with Crippen LogP contribution in [-0.2, 0) is 28.6 Å². The van der Waals surface area contributed by atoms with Gasteiger partial charge in [0.1, 0.15) is 13.2 Å². The predicted octanol–water partition coefficient (Wildman–Crippen LogP) is 20.8. The van der Waals surface area contributed by atoms with Gasteiger partial charge in [0.05, 0.1) is 0 Å². The summed E-state index contributed by atoms with van der Waals surface area (Å²) in [6.45, 7) is 6.67. The maximum Gasteiger partial charge on any atom is 0.306 e. The molecule has 0 rings (SSSR count). The summed E-state index contributed by atoms with van der Waals surface area (Å²) in [5, 5.41) is 0. The molecule has 0 spiro atoms. The van der Waals surface area contributed by atoms with E-state index >= 15 is 0 Å². The van der Waals surface area contributed by atoms with Crippen LogP contribution in [0.5, 0.6) is 0 Å². The highest BCUT2D eigenvalue weighted by atomic mass is 16.6. The lowest BCUT2D eigenvalue weighted by Crippen LogP contribution is -2.30. The zero-order valence-electron chi connectivity index (χ0n) is 47.1. The van der Waals surface area contributed by atoms with Crippen molar-refractivity contribution in [1.29, 1.82) is 0 Å². The second kappa shape index (κ2) is 59.2. The Balaban J connectivity index is 4.36. The molecular weight excluding hydrogens is 865 g/mol. The van der Waals surface area contributed by atoms with E-state index in [4.69, 9.17) is 14.2 Å². The van der Waals surface area contributed by atoms with E-state index in [1.165, 1.54) is 231 Å². The summed E-state index contributed by atoms with van der Waals surface area (Å²) >= 11 is 0. The molecule has 0 aromatic carbocycles. The number of esters is 3.